The lowest BCUT2D eigenvalue weighted by molar-refractivity contribution is 0.365. The molecule has 1 rings (SSSR count). The van der Waals surface area contributed by atoms with Crippen LogP contribution < -0.4 is 0 Å². The van der Waals surface area contributed by atoms with E-state index in [1.165, 1.54) is 18.5 Å². The van der Waals surface area contributed by atoms with Crippen LogP contribution in [0.3, 0.4) is 0 Å². The van der Waals surface area contributed by atoms with E-state index >= 15 is 0 Å². The van der Waals surface area contributed by atoms with Gasteiger partial charge in [-0.25, -0.2) is 4.68 Å². The van der Waals surface area contributed by atoms with Crippen molar-refractivity contribution in [2.24, 2.45) is 11.8 Å². The Labute approximate surface area is 92.9 Å². The van der Waals surface area contributed by atoms with Gasteiger partial charge in [0.1, 0.15) is 0 Å². The third-order valence-corrected chi connectivity index (χ3v) is 3.23. The summed E-state index contributed by atoms with van der Waals surface area (Å²) in [5.74, 6) is 1.59. The summed E-state index contributed by atoms with van der Waals surface area (Å²) in [5.41, 5.74) is 1.24. The lowest BCUT2D eigenvalue weighted by atomic mass is 9.93. The van der Waals surface area contributed by atoms with Gasteiger partial charge in [-0.05, 0) is 31.1 Å². The molecule has 0 saturated carbocycles. The highest BCUT2D eigenvalue weighted by atomic mass is 15.4. The lowest BCUT2D eigenvalue weighted by Crippen LogP contribution is -2.08. The Kier molecular flexibility index (Phi) is 4.79. The van der Waals surface area contributed by atoms with E-state index in [9.17, 15) is 0 Å². The molecule has 0 fully saturated rings. The molecule has 0 spiro atoms. The van der Waals surface area contributed by atoms with E-state index in [2.05, 4.69) is 38.0 Å². The van der Waals surface area contributed by atoms with Crippen LogP contribution in [0.15, 0.2) is 6.20 Å². The van der Waals surface area contributed by atoms with Crippen LogP contribution in [-0.2, 0) is 13.0 Å². The molecule has 0 aliphatic carbocycles. The maximum Gasteiger partial charge on any atom is 0.0725 e. The van der Waals surface area contributed by atoms with Crippen molar-refractivity contribution in [1.82, 2.24) is 15.0 Å². The largest absolute Gasteiger partial charge is 0.249 e. The molecule has 1 unspecified atom stereocenters. The Bertz CT molecular complexity index is 278. The number of rotatable bonds is 6. The Morgan fingerprint density at radius 3 is 2.67 bits per heavy atom. The minimum Gasteiger partial charge on any atom is -0.249 e. The van der Waals surface area contributed by atoms with Gasteiger partial charge in [-0.15, -0.1) is 5.10 Å². The summed E-state index contributed by atoms with van der Waals surface area (Å²) in [4.78, 5) is 0. The molecule has 1 aromatic rings. The fraction of sp³-hybridized carbons (Fsp3) is 0.833. The highest BCUT2D eigenvalue weighted by molar-refractivity contribution is 4.92. The smallest absolute Gasteiger partial charge is 0.0725 e. The zero-order valence-corrected chi connectivity index (χ0v) is 10.4. The predicted octanol–water partition coefficient (Wildman–Crippen LogP) is 2.91. The van der Waals surface area contributed by atoms with Crippen molar-refractivity contribution >= 4 is 0 Å². The molecular formula is C12H23N3. The molecule has 0 N–H and O–H groups in total. The fourth-order valence-corrected chi connectivity index (χ4v) is 1.64. The molecule has 0 aliphatic rings. The van der Waals surface area contributed by atoms with E-state index in [1.54, 1.807) is 0 Å². The van der Waals surface area contributed by atoms with Gasteiger partial charge in [0.25, 0.3) is 0 Å². The summed E-state index contributed by atoms with van der Waals surface area (Å²) >= 11 is 0. The first kappa shape index (κ1) is 12.2. The Morgan fingerprint density at radius 1 is 1.33 bits per heavy atom. The third kappa shape index (κ3) is 3.65. The van der Waals surface area contributed by atoms with Crippen molar-refractivity contribution in [3.63, 3.8) is 0 Å². The van der Waals surface area contributed by atoms with Crippen LogP contribution in [0.1, 0.15) is 46.2 Å². The second-order valence-corrected chi connectivity index (χ2v) is 4.67. The van der Waals surface area contributed by atoms with Crippen molar-refractivity contribution in [2.75, 3.05) is 0 Å². The maximum atomic E-state index is 4.10. The zero-order chi connectivity index (χ0) is 11.3. The molecule has 0 aromatic carbocycles. The van der Waals surface area contributed by atoms with Gasteiger partial charge >= 0.3 is 0 Å². The summed E-state index contributed by atoms with van der Waals surface area (Å²) in [6.45, 7) is 10.1. The Balaban J connectivity index is 2.31. The van der Waals surface area contributed by atoms with Gasteiger partial charge in [-0.3, -0.25) is 0 Å². The molecule has 1 aromatic heterocycles. The van der Waals surface area contributed by atoms with E-state index in [0.29, 0.717) is 0 Å². The summed E-state index contributed by atoms with van der Waals surface area (Å²) in [7, 11) is 0. The van der Waals surface area contributed by atoms with Crippen LogP contribution in [0.5, 0.6) is 0 Å². The van der Waals surface area contributed by atoms with Crippen LogP contribution >= 0.6 is 0 Å². The maximum absolute atomic E-state index is 4.10. The van der Waals surface area contributed by atoms with Crippen molar-refractivity contribution in [3.05, 3.63) is 11.9 Å². The first-order valence-electron chi connectivity index (χ1n) is 6.02. The van der Waals surface area contributed by atoms with E-state index < -0.39 is 0 Å². The SMILES string of the molecule is CCc1cnnn1CCCC(C)C(C)C. The van der Waals surface area contributed by atoms with Crippen LogP contribution in [0.25, 0.3) is 0 Å². The molecule has 0 saturated heterocycles. The number of hydrogen-bond acceptors (Lipinski definition) is 2. The van der Waals surface area contributed by atoms with Crippen molar-refractivity contribution in [3.8, 4) is 0 Å². The molecule has 1 atom stereocenters. The van der Waals surface area contributed by atoms with Crippen molar-refractivity contribution in [1.29, 1.82) is 0 Å². The van der Waals surface area contributed by atoms with Gasteiger partial charge in [-0.1, -0.05) is 32.9 Å². The molecule has 0 amide bonds. The molecular weight excluding hydrogens is 186 g/mol. The standard InChI is InChI=1S/C12H23N3/c1-5-12-9-13-14-15(12)8-6-7-11(4)10(2)3/h9-11H,5-8H2,1-4H3. The molecule has 0 radical (unpaired) electrons. The molecule has 3 heteroatoms. The number of aromatic nitrogens is 3. The minimum atomic E-state index is 0.784. The first-order chi connectivity index (χ1) is 7.15. The monoisotopic (exact) mass is 209 g/mol. The van der Waals surface area contributed by atoms with Gasteiger partial charge in [0, 0.05) is 6.54 Å². The van der Waals surface area contributed by atoms with Crippen LogP contribution in [-0.4, -0.2) is 15.0 Å². The number of nitrogens with zero attached hydrogens (tertiary/aromatic N) is 3. The molecule has 0 bridgehead atoms. The Hall–Kier alpha value is -0.860. The van der Waals surface area contributed by atoms with E-state index in [0.717, 1.165) is 24.8 Å². The van der Waals surface area contributed by atoms with Gasteiger partial charge in [0.15, 0.2) is 0 Å². The topological polar surface area (TPSA) is 30.7 Å². The molecule has 15 heavy (non-hydrogen) atoms. The van der Waals surface area contributed by atoms with E-state index in [4.69, 9.17) is 0 Å². The average Bonchev–Trinajstić information content (AvgIpc) is 2.65. The minimum absolute atomic E-state index is 0.784. The summed E-state index contributed by atoms with van der Waals surface area (Å²) < 4.78 is 2.03. The normalized spacial score (nSPS) is 13.4. The van der Waals surface area contributed by atoms with Gasteiger partial charge in [-0.2, -0.15) is 0 Å². The lowest BCUT2D eigenvalue weighted by Gasteiger charge is -2.15. The van der Waals surface area contributed by atoms with Crippen molar-refractivity contribution in [2.45, 2.75) is 53.5 Å². The summed E-state index contributed by atoms with van der Waals surface area (Å²) in [6, 6.07) is 0. The molecule has 3 nitrogen and oxygen atoms in total. The predicted molar refractivity (Wildman–Crippen MR) is 62.6 cm³/mol. The van der Waals surface area contributed by atoms with Crippen LogP contribution in [0.2, 0.25) is 0 Å². The first-order valence-corrected chi connectivity index (χ1v) is 6.02. The summed E-state index contributed by atoms with van der Waals surface area (Å²) in [6.07, 6.45) is 5.37. The highest BCUT2D eigenvalue weighted by Crippen LogP contribution is 2.16. The van der Waals surface area contributed by atoms with Gasteiger partial charge in [0.05, 0.1) is 11.9 Å². The number of aryl methyl sites for hydroxylation is 2. The van der Waals surface area contributed by atoms with Gasteiger partial charge in [0.2, 0.25) is 0 Å². The second kappa shape index (κ2) is 5.89. The van der Waals surface area contributed by atoms with E-state index in [1.807, 2.05) is 10.9 Å². The highest BCUT2D eigenvalue weighted by Gasteiger charge is 2.07. The molecule has 86 valence electrons. The fourth-order valence-electron chi connectivity index (χ4n) is 1.64. The average molecular weight is 209 g/mol. The van der Waals surface area contributed by atoms with Crippen molar-refractivity contribution < 1.29 is 0 Å². The second-order valence-electron chi connectivity index (χ2n) is 4.67. The number of hydrogen-bond donors (Lipinski definition) is 0. The van der Waals surface area contributed by atoms with Gasteiger partial charge < -0.3 is 0 Å². The van der Waals surface area contributed by atoms with E-state index in [-0.39, 0.29) is 0 Å². The summed E-state index contributed by atoms with van der Waals surface area (Å²) in [5, 5.41) is 8.03. The van der Waals surface area contributed by atoms with Crippen LogP contribution in [0.4, 0.5) is 0 Å². The third-order valence-electron chi connectivity index (χ3n) is 3.23. The van der Waals surface area contributed by atoms with Crippen LogP contribution in [0, 0.1) is 11.8 Å². The zero-order valence-electron chi connectivity index (χ0n) is 10.4. The quantitative estimate of drug-likeness (QED) is 0.721. The molecule has 1 heterocycles. The molecule has 0 aliphatic heterocycles. The Morgan fingerprint density at radius 2 is 2.07 bits per heavy atom.